The van der Waals surface area contributed by atoms with Crippen LogP contribution in [-0.2, 0) is 4.79 Å². The minimum Gasteiger partial charge on any atom is -0.479 e. The molecule has 36 valence electrons. The van der Waals surface area contributed by atoms with E-state index in [1.54, 1.807) is 0 Å². The minimum atomic E-state index is -2.33. The second-order valence-electron chi connectivity index (χ2n) is 0.891. The van der Waals surface area contributed by atoms with Crippen molar-refractivity contribution in [1.29, 1.82) is 0 Å². The average molecular weight is 92.1 g/mol. The molecule has 0 aromatic rings. The molecule has 0 fully saturated rings. The van der Waals surface area contributed by atoms with Crippen LogP contribution in [-0.4, -0.2) is 22.3 Å². The Kier molecular flexibility index (Phi) is 1.06. The van der Waals surface area contributed by atoms with Gasteiger partial charge in [-0.05, 0) is 6.92 Å². The van der Waals surface area contributed by atoms with Crippen molar-refractivity contribution in [2.24, 2.45) is 0 Å². The molecule has 1 atom stereocenters. The summed E-state index contributed by atoms with van der Waals surface area (Å²) >= 11 is 0. The van der Waals surface area contributed by atoms with E-state index in [9.17, 15) is 4.79 Å². The number of aliphatic hydroxyl groups is 1. The van der Waals surface area contributed by atoms with E-state index in [4.69, 9.17) is 11.6 Å². The molecular formula is C3H6O3. The van der Waals surface area contributed by atoms with Gasteiger partial charge < -0.3 is 10.2 Å². The third-order valence-corrected chi connectivity index (χ3v) is 0.310. The standard InChI is InChI=1S/C3H6O3/c1-2(4)3(5)6/h2,4H,1H3,(H,5,6)/i2+1D. The van der Waals surface area contributed by atoms with E-state index in [0.717, 1.165) is 6.92 Å². The van der Waals surface area contributed by atoms with Crippen LogP contribution in [0.25, 0.3) is 0 Å². The van der Waals surface area contributed by atoms with Crippen LogP contribution in [0, 0.1) is 0 Å². The minimum absolute atomic E-state index is 0.884. The molecule has 0 saturated heterocycles. The Morgan fingerprint density at radius 2 is 2.33 bits per heavy atom. The second-order valence-corrected chi connectivity index (χ2v) is 0.891. The molecule has 0 amide bonds. The Labute approximate surface area is 36.6 Å². The molecule has 0 aliphatic rings. The summed E-state index contributed by atoms with van der Waals surface area (Å²) in [5.74, 6) is -1.53. The number of hydrogen-bond donors (Lipinski definition) is 2. The van der Waals surface area contributed by atoms with Gasteiger partial charge in [-0.2, -0.15) is 0 Å². The molecular weight excluding hydrogens is 85.0 g/mol. The topological polar surface area (TPSA) is 57.5 Å². The van der Waals surface area contributed by atoms with E-state index < -0.39 is 12.0 Å². The van der Waals surface area contributed by atoms with Gasteiger partial charge in [-0.3, -0.25) is 0 Å². The first-order valence-corrected chi connectivity index (χ1v) is 1.40. The summed E-state index contributed by atoms with van der Waals surface area (Å²) in [6.07, 6.45) is -2.33. The maximum absolute atomic E-state index is 9.58. The van der Waals surface area contributed by atoms with E-state index in [2.05, 4.69) is 0 Å². The van der Waals surface area contributed by atoms with Gasteiger partial charge in [0.25, 0.3) is 0 Å². The van der Waals surface area contributed by atoms with Crippen LogP contribution in [0.3, 0.4) is 0 Å². The summed E-state index contributed by atoms with van der Waals surface area (Å²) in [7, 11) is 0. The van der Waals surface area contributed by atoms with Gasteiger partial charge in [0.1, 0.15) is 6.08 Å². The molecule has 2 N–H and O–H groups in total. The highest BCUT2D eigenvalue weighted by Crippen LogP contribution is 1.73. The second kappa shape index (κ2) is 1.77. The van der Waals surface area contributed by atoms with Gasteiger partial charge in [-0.15, -0.1) is 0 Å². The third kappa shape index (κ3) is 1.72. The van der Waals surface area contributed by atoms with Crippen molar-refractivity contribution < 1.29 is 16.4 Å². The molecule has 6 heavy (non-hydrogen) atoms. The molecule has 0 heterocycles. The lowest BCUT2D eigenvalue weighted by Gasteiger charge is -1.89. The van der Waals surface area contributed by atoms with Crippen LogP contribution < -0.4 is 0 Å². The number of carboxylic acids is 1. The zero-order valence-electron chi connectivity index (χ0n) is 4.30. The molecule has 3 heteroatoms. The SMILES string of the molecule is [2H][13C](C)(O)C(=O)O. The summed E-state index contributed by atoms with van der Waals surface area (Å²) in [5, 5.41) is 16.0. The molecule has 0 aromatic heterocycles. The first-order chi connectivity index (χ1) is 2.94. The highest BCUT2D eigenvalue weighted by Gasteiger charge is 2.01. The zero-order chi connectivity index (χ0) is 6.08. The van der Waals surface area contributed by atoms with E-state index in [1.807, 2.05) is 0 Å². The fourth-order valence-electron chi connectivity index (χ4n) is 0. The van der Waals surface area contributed by atoms with Crippen molar-refractivity contribution >= 4 is 5.97 Å². The Morgan fingerprint density at radius 3 is 2.33 bits per heavy atom. The van der Waals surface area contributed by atoms with Crippen molar-refractivity contribution in [3.8, 4) is 0 Å². The Balaban J connectivity index is 3.79. The van der Waals surface area contributed by atoms with Crippen molar-refractivity contribution in [2.75, 3.05) is 0 Å². The lowest BCUT2D eigenvalue weighted by Crippen LogP contribution is -2.13. The molecule has 0 aliphatic carbocycles. The van der Waals surface area contributed by atoms with Crippen LogP contribution in [0.15, 0.2) is 0 Å². The van der Waals surface area contributed by atoms with E-state index in [-0.39, 0.29) is 0 Å². The summed E-state index contributed by atoms with van der Waals surface area (Å²) in [4.78, 5) is 9.58. The highest BCUT2D eigenvalue weighted by atomic mass is 16.4. The van der Waals surface area contributed by atoms with Gasteiger partial charge in [0, 0.05) is 0 Å². The molecule has 0 spiro atoms. The van der Waals surface area contributed by atoms with Gasteiger partial charge in [0.05, 0.1) is 1.37 Å². The van der Waals surface area contributed by atoms with E-state index >= 15 is 0 Å². The largest absolute Gasteiger partial charge is 0.479 e. The lowest BCUT2D eigenvalue weighted by molar-refractivity contribution is -0.145. The molecule has 0 radical (unpaired) electrons. The smallest absolute Gasteiger partial charge is 0.332 e. The molecule has 0 rings (SSSR count). The van der Waals surface area contributed by atoms with Crippen LogP contribution in [0.2, 0.25) is 0 Å². The molecule has 0 saturated carbocycles. The predicted molar refractivity (Wildman–Crippen MR) is 19.3 cm³/mol. The quantitative estimate of drug-likeness (QED) is 0.427. The number of carbonyl (C=O) groups is 1. The van der Waals surface area contributed by atoms with Gasteiger partial charge in [0.15, 0.2) is 0 Å². The normalized spacial score (nSPS) is 21.3. The van der Waals surface area contributed by atoms with Crippen LogP contribution >= 0.6 is 0 Å². The Bertz CT molecular complexity index is 82.7. The summed E-state index contributed by atoms with van der Waals surface area (Å²) in [6, 6.07) is 0. The average Bonchev–Trinajstić information content (AvgIpc) is 1.31. The fourth-order valence-corrected chi connectivity index (χ4v) is 0. The van der Waals surface area contributed by atoms with Crippen molar-refractivity contribution in [3.63, 3.8) is 0 Å². The van der Waals surface area contributed by atoms with Gasteiger partial charge in [-0.25, -0.2) is 4.79 Å². The first kappa shape index (κ1) is 3.61. The molecule has 1 unspecified atom stereocenters. The Hall–Kier alpha value is -0.570. The summed E-state index contributed by atoms with van der Waals surface area (Å²) < 4.78 is 6.34. The maximum atomic E-state index is 9.58. The van der Waals surface area contributed by atoms with Crippen molar-refractivity contribution in [3.05, 3.63) is 0 Å². The zero-order valence-corrected chi connectivity index (χ0v) is 3.30. The van der Waals surface area contributed by atoms with Crippen LogP contribution in [0.1, 0.15) is 8.29 Å². The lowest BCUT2D eigenvalue weighted by atomic mass is 10.8. The number of hydrogen-bond acceptors (Lipinski definition) is 2. The molecule has 0 aromatic carbocycles. The summed E-state index contributed by atoms with van der Waals surface area (Å²) in [5.41, 5.74) is 0. The van der Waals surface area contributed by atoms with E-state index in [0.29, 0.717) is 0 Å². The van der Waals surface area contributed by atoms with Crippen LogP contribution in [0.4, 0.5) is 0 Å². The maximum Gasteiger partial charge on any atom is 0.332 e. The molecule has 3 nitrogen and oxygen atoms in total. The van der Waals surface area contributed by atoms with Gasteiger partial charge in [0.2, 0.25) is 0 Å². The van der Waals surface area contributed by atoms with Gasteiger partial charge in [-0.1, -0.05) is 0 Å². The van der Waals surface area contributed by atoms with Gasteiger partial charge >= 0.3 is 5.97 Å². The monoisotopic (exact) mass is 92.0 g/mol. The number of carboxylic acid groups (broad SMARTS) is 1. The summed E-state index contributed by atoms with van der Waals surface area (Å²) in [6.45, 7) is 0.884. The van der Waals surface area contributed by atoms with Crippen LogP contribution in [0.5, 0.6) is 0 Å². The fraction of sp³-hybridized carbons (Fsp3) is 0.667. The number of rotatable bonds is 1. The first-order valence-electron chi connectivity index (χ1n) is 1.90. The third-order valence-electron chi connectivity index (χ3n) is 0.310. The predicted octanol–water partition coefficient (Wildman–Crippen LogP) is -0.548. The number of aliphatic carboxylic acids is 1. The van der Waals surface area contributed by atoms with Crippen molar-refractivity contribution in [2.45, 2.75) is 13.0 Å². The van der Waals surface area contributed by atoms with Crippen molar-refractivity contribution in [1.82, 2.24) is 0 Å². The van der Waals surface area contributed by atoms with E-state index in [1.165, 1.54) is 0 Å². The molecule has 0 aliphatic heterocycles. The Morgan fingerprint density at radius 1 is 2.17 bits per heavy atom. The molecule has 0 bridgehead atoms. The highest BCUT2D eigenvalue weighted by molar-refractivity contribution is 5.71.